The number of aryl methyl sites for hydroxylation is 1. The SMILES string of the molecule is Cc1ccccc1CN(C)C(=O)COc1ccc2ccc(=O)oc2c1. The number of benzene rings is 2. The Hall–Kier alpha value is -3.08. The number of rotatable bonds is 5. The summed E-state index contributed by atoms with van der Waals surface area (Å²) in [6.45, 7) is 2.47. The first kappa shape index (κ1) is 16.8. The minimum atomic E-state index is -0.418. The van der Waals surface area contributed by atoms with Gasteiger partial charge in [-0.1, -0.05) is 24.3 Å². The molecular weight excluding hydrogens is 318 g/mol. The molecule has 3 aromatic rings. The van der Waals surface area contributed by atoms with Crippen LogP contribution in [0, 0.1) is 6.92 Å². The van der Waals surface area contributed by atoms with Gasteiger partial charge in [-0.2, -0.15) is 0 Å². The third-order valence-corrected chi connectivity index (χ3v) is 4.05. The molecule has 5 nitrogen and oxygen atoms in total. The van der Waals surface area contributed by atoms with E-state index in [1.54, 1.807) is 36.2 Å². The maximum atomic E-state index is 12.3. The summed E-state index contributed by atoms with van der Waals surface area (Å²) in [6.07, 6.45) is 0. The van der Waals surface area contributed by atoms with Crippen LogP contribution in [0.5, 0.6) is 5.75 Å². The van der Waals surface area contributed by atoms with Gasteiger partial charge in [0.15, 0.2) is 6.61 Å². The number of carbonyl (C=O) groups excluding carboxylic acids is 1. The van der Waals surface area contributed by atoms with Gasteiger partial charge in [-0.25, -0.2) is 4.79 Å². The van der Waals surface area contributed by atoms with Crippen LogP contribution in [0.4, 0.5) is 0 Å². The lowest BCUT2D eigenvalue weighted by atomic mass is 10.1. The molecule has 1 aromatic heterocycles. The molecule has 0 spiro atoms. The molecule has 0 unspecified atom stereocenters. The summed E-state index contributed by atoms with van der Waals surface area (Å²) in [7, 11) is 1.75. The molecule has 0 saturated heterocycles. The lowest BCUT2D eigenvalue weighted by Crippen LogP contribution is -2.31. The maximum Gasteiger partial charge on any atom is 0.336 e. The van der Waals surface area contributed by atoms with E-state index in [2.05, 4.69) is 0 Å². The van der Waals surface area contributed by atoms with Crippen LogP contribution in [-0.4, -0.2) is 24.5 Å². The van der Waals surface area contributed by atoms with E-state index in [0.29, 0.717) is 17.9 Å². The number of ether oxygens (including phenoxy) is 1. The van der Waals surface area contributed by atoms with Gasteiger partial charge in [0.1, 0.15) is 11.3 Å². The van der Waals surface area contributed by atoms with E-state index in [1.807, 2.05) is 31.2 Å². The highest BCUT2D eigenvalue weighted by Gasteiger charge is 2.11. The summed E-state index contributed by atoms with van der Waals surface area (Å²) in [4.78, 5) is 25.2. The molecule has 0 fully saturated rings. The number of fused-ring (bicyclic) bond motifs is 1. The molecule has 0 radical (unpaired) electrons. The summed E-state index contributed by atoms with van der Waals surface area (Å²) in [5.74, 6) is 0.359. The number of carbonyl (C=O) groups is 1. The molecule has 25 heavy (non-hydrogen) atoms. The van der Waals surface area contributed by atoms with E-state index >= 15 is 0 Å². The zero-order valence-electron chi connectivity index (χ0n) is 14.2. The average Bonchev–Trinajstić information content (AvgIpc) is 2.61. The second kappa shape index (κ2) is 7.21. The van der Waals surface area contributed by atoms with E-state index in [-0.39, 0.29) is 12.5 Å². The zero-order chi connectivity index (χ0) is 17.8. The quantitative estimate of drug-likeness (QED) is 0.671. The Morgan fingerprint density at radius 1 is 1.12 bits per heavy atom. The molecule has 0 bridgehead atoms. The van der Waals surface area contributed by atoms with Crippen molar-refractivity contribution in [3.05, 3.63) is 76.1 Å². The third-order valence-electron chi connectivity index (χ3n) is 4.05. The second-order valence-electron chi connectivity index (χ2n) is 5.92. The van der Waals surface area contributed by atoms with Gasteiger partial charge in [-0.05, 0) is 36.2 Å². The normalized spacial score (nSPS) is 10.6. The van der Waals surface area contributed by atoms with Crippen molar-refractivity contribution in [3.63, 3.8) is 0 Å². The van der Waals surface area contributed by atoms with Gasteiger partial charge in [0, 0.05) is 31.1 Å². The largest absolute Gasteiger partial charge is 0.484 e. The summed E-state index contributed by atoms with van der Waals surface area (Å²) < 4.78 is 10.7. The van der Waals surface area contributed by atoms with Crippen LogP contribution in [0.15, 0.2) is 63.8 Å². The number of nitrogens with zero attached hydrogens (tertiary/aromatic N) is 1. The average molecular weight is 337 g/mol. The number of amides is 1. The van der Waals surface area contributed by atoms with Gasteiger partial charge < -0.3 is 14.1 Å². The van der Waals surface area contributed by atoms with Gasteiger partial charge in [0.25, 0.3) is 5.91 Å². The fourth-order valence-electron chi connectivity index (χ4n) is 2.52. The summed E-state index contributed by atoms with van der Waals surface area (Å²) >= 11 is 0. The van der Waals surface area contributed by atoms with E-state index in [4.69, 9.17) is 9.15 Å². The molecule has 0 aliphatic heterocycles. The standard InChI is InChI=1S/C20H19NO4/c1-14-5-3-4-6-16(14)12-21(2)19(22)13-24-17-9-7-15-8-10-20(23)25-18(15)11-17/h3-11H,12-13H2,1-2H3. The fourth-order valence-corrected chi connectivity index (χ4v) is 2.52. The van der Waals surface area contributed by atoms with Crippen LogP contribution in [0.2, 0.25) is 0 Å². The predicted octanol–water partition coefficient (Wildman–Crippen LogP) is 3.14. The highest BCUT2D eigenvalue weighted by atomic mass is 16.5. The van der Waals surface area contributed by atoms with Gasteiger partial charge >= 0.3 is 5.63 Å². The summed E-state index contributed by atoms with van der Waals surface area (Å²) in [6, 6.07) is 16.2. The second-order valence-corrected chi connectivity index (χ2v) is 5.92. The zero-order valence-corrected chi connectivity index (χ0v) is 14.2. The van der Waals surface area contributed by atoms with Crippen LogP contribution in [0.1, 0.15) is 11.1 Å². The van der Waals surface area contributed by atoms with Crippen molar-refractivity contribution < 1.29 is 13.9 Å². The van der Waals surface area contributed by atoms with Gasteiger partial charge in [-0.3, -0.25) is 4.79 Å². The van der Waals surface area contributed by atoms with Crippen LogP contribution in [-0.2, 0) is 11.3 Å². The smallest absolute Gasteiger partial charge is 0.336 e. The van der Waals surface area contributed by atoms with Gasteiger partial charge in [0.05, 0.1) is 0 Å². The minimum Gasteiger partial charge on any atom is -0.484 e. The van der Waals surface area contributed by atoms with E-state index < -0.39 is 5.63 Å². The lowest BCUT2D eigenvalue weighted by Gasteiger charge is -2.18. The maximum absolute atomic E-state index is 12.3. The molecule has 0 aliphatic rings. The van der Waals surface area contributed by atoms with Crippen molar-refractivity contribution in [2.45, 2.75) is 13.5 Å². The Balaban J connectivity index is 1.63. The van der Waals surface area contributed by atoms with Crippen LogP contribution in [0.3, 0.4) is 0 Å². The minimum absolute atomic E-state index is 0.0784. The van der Waals surface area contributed by atoms with Gasteiger partial charge in [0.2, 0.25) is 0 Å². The van der Waals surface area contributed by atoms with Crippen LogP contribution >= 0.6 is 0 Å². The Morgan fingerprint density at radius 3 is 2.68 bits per heavy atom. The molecule has 128 valence electrons. The summed E-state index contributed by atoms with van der Waals surface area (Å²) in [5.41, 5.74) is 2.27. The Morgan fingerprint density at radius 2 is 1.88 bits per heavy atom. The predicted molar refractivity (Wildman–Crippen MR) is 95.6 cm³/mol. The Kier molecular flexibility index (Phi) is 4.84. The van der Waals surface area contributed by atoms with E-state index in [1.165, 1.54) is 6.07 Å². The lowest BCUT2D eigenvalue weighted by molar-refractivity contribution is -0.132. The highest BCUT2D eigenvalue weighted by molar-refractivity contribution is 5.79. The van der Waals surface area contributed by atoms with Crippen molar-refractivity contribution in [2.24, 2.45) is 0 Å². The van der Waals surface area contributed by atoms with Crippen molar-refractivity contribution in [1.29, 1.82) is 0 Å². The van der Waals surface area contributed by atoms with Crippen molar-refractivity contribution in [1.82, 2.24) is 4.90 Å². The molecule has 0 atom stereocenters. The van der Waals surface area contributed by atoms with E-state index in [0.717, 1.165) is 16.5 Å². The molecule has 0 N–H and O–H groups in total. The first-order chi connectivity index (χ1) is 12.0. The molecule has 2 aromatic carbocycles. The Bertz CT molecular complexity index is 961. The molecule has 1 heterocycles. The first-order valence-corrected chi connectivity index (χ1v) is 7.98. The summed E-state index contributed by atoms with van der Waals surface area (Å²) in [5, 5.41) is 0.801. The van der Waals surface area contributed by atoms with E-state index in [9.17, 15) is 9.59 Å². The molecule has 3 rings (SSSR count). The molecule has 1 amide bonds. The molecular formula is C20H19NO4. The van der Waals surface area contributed by atoms with Crippen LogP contribution < -0.4 is 10.4 Å². The molecule has 5 heteroatoms. The molecule has 0 saturated carbocycles. The Labute approximate surface area is 145 Å². The van der Waals surface area contributed by atoms with Crippen molar-refractivity contribution in [3.8, 4) is 5.75 Å². The van der Waals surface area contributed by atoms with Crippen LogP contribution in [0.25, 0.3) is 11.0 Å². The van der Waals surface area contributed by atoms with Crippen molar-refractivity contribution >= 4 is 16.9 Å². The number of hydrogen-bond acceptors (Lipinski definition) is 4. The monoisotopic (exact) mass is 337 g/mol. The van der Waals surface area contributed by atoms with Gasteiger partial charge in [-0.15, -0.1) is 0 Å². The molecule has 0 aliphatic carbocycles. The number of hydrogen-bond donors (Lipinski definition) is 0. The first-order valence-electron chi connectivity index (χ1n) is 7.98. The highest BCUT2D eigenvalue weighted by Crippen LogP contribution is 2.19. The van der Waals surface area contributed by atoms with Crippen molar-refractivity contribution in [2.75, 3.05) is 13.7 Å². The number of likely N-dealkylation sites (N-methyl/N-ethyl adjacent to an activating group) is 1. The third kappa shape index (κ3) is 4.07. The topological polar surface area (TPSA) is 59.8 Å². The fraction of sp³-hybridized carbons (Fsp3) is 0.200.